The van der Waals surface area contributed by atoms with E-state index in [1.54, 1.807) is 66.7 Å². The van der Waals surface area contributed by atoms with Crippen LogP contribution < -0.4 is 14.8 Å². The first kappa shape index (κ1) is 29.5. The molecule has 0 aliphatic rings. The van der Waals surface area contributed by atoms with Gasteiger partial charge in [0, 0.05) is 23.7 Å². The highest BCUT2D eigenvalue weighted by Gasteiger charge is 2.36. The number of aliphatic hydroxyl groups excluding tert-OH is 1. The van der Waals surface area contributed by atoms with Crippen LogP contribution in [0.3, 0.4) is 0 Å². The van der Waals surface area contributed by atoms with Gasteiger partial charge < -0.3 is 19.7 Å². The average molecular weight is 594 g/mol. The van der Waals surface area contributed by atoms with Crippen LogP contribution >= 0.6 is 0 Å². The van der Waals surface area contributed by atoms with Crippen molar-refractivity contribution >= 4 is 17.0 Å². The number of benzene rings is 4. The highest BCUT2D eigenvalue weighted by atomic mass is 19.4. The molecule has 43 heavy (non-hydrogen) atoms. The number of aliphatic hydroxyl groups is 1. The normalized spacial score (nSPS) is 12.3. The Hall–Kier alpha value is -4.94. The second-order valence-electron chi connectivity index (χ2n) is 9.59. The monoisotopic (exact) mass is 593 g/mol. The van der Waals surface area contributed by atoms with Crippen LogP contribution in [0.4, 0.5) is 13.2 Å². The number of hydrogen-bond acceptors (Lipinski definition) is 8. The Morgan fingerprint density at radius 1 is 0.884 bits per heavy atom. The van der Waals surface area contributed by atoms with Crippen molar-refractivity contribution in [1.29, 1.82) is 0 Å². The fraction of sp³-hybridized carbons (Fsp3) is 0.194. The van der Waals surface area contributed by atoms with Crippen molar-refractivity contribution in [1.82, 2.24) is 15.6 Å². The number of aliphatic carboxylic acids is 1. The molecule has 9 nitrogen and oxygen atoms in total. The van der Waals surface area contributed by atoms with Crippen LogP contribution in [0.15, 0.2) is 89.6 Å². The molecule has 5 rings (SSSR count). The van der Waals surface area contributed by atoms with Crippen LogP contribution in [0.2, 0.25) is 0 Å². The largest absolute Gasteiger partial charge is 0.489 e. The third-order valence-corrected chi connectivity index (χ3v) is 6.68. The quantitative estimate of drug-likeness (QED) is 0.169. The molecule has 0 radical (unpaired) electrons. The number of ether oxygens (including phenoxy) is 2. The smallest absolute Gasteiger partial charge is 0.417 e. The number of carbonyl (C=O) groups is 1. The van der Waals surface area contributed by atoms with E-state index in [1.807, 2.05) is 0 Å². The summed E-state index contributed by atoms with van der Waals surface area (Å²) in [6.45, 7) is -0.883. The summed E-state index contributed by atoms with van der Waals surface area (Å²) in [5.41, 5.74) is 2.05. The van der Waals surface area contributed by atoms with E-state index in [1.165, 1.54) is 18.2 Å². The van der Waals surface area contributed by atoms with E-state index in [2.05, 4.69) is 15.6 Å². The van der Waals surface area contributed by atoms with Gasteiger partial charge in [0.2, 0.25) is 0 Å². The fourth-order valence-corrected chi connectivity index (χ4v) is 4.52. The van der Waals surface area contributed by atoms with E-state index in [4.69, 9.17) is 14.1 Å². The van der Waals surface area contributed by atoms with Crippen LogP contribution in [0.1, 0.15) is 22.3 Å². The second-order valence-corrected chi connectivity index (χ2v) is 9.59. The van der Waals surface area contributed by atoms with Crippen molar-refractivity contribution in [3.8, 4) is 22.6 Å². The van der Waals surface area contributed by atoms with E-state index in [9.17, 15) is 28.2 Å². The number of fused-ring (bicyclic) bond motifs is 1. The summed E-state index contributed by atoms with van der Waals surface area (Å²) in [5, 5.41) is 28.9. The zero-order chi connectivity index (χ0) is 30.4. The van der Waals surface area contributed by atoms with Gasteiger partial charge in [-0.2, -0.15) is 13.2 Å². The molecule has 1 aromatic heterocycles. The molecule has 0 saturated carbocycles. The highest BCUT2D eigenvalue weighted by Crippen LogP contribution is 2.40. The van der Waals surface area contributed by atoms with Gasteiger partial charge in [0.15, 0.2) is 0 Å². The summed E-state index contributed by atoms with van der Waals surface area (Å²) < 4.78 is 59.4. The van der Waals surface area contributed by atoms with Crippen LogP contribution in [-0.4, -0.2) is 39.1 Å². The van der Waals surface area contributed by atoms with E-state index in [0.717, 1.165) is 5.56 Å². The summed E-state index contributed by atoms with van der Waals surface area (Å²) in [4.78, 5) is 11.3. The first-order valence-electron chi connectivity index (χ1n) is 13.1. The number of carboxylic acids is 1. The summed E-state index contributed by atoms with van der Waals surface area (Å²) in [6.07, 6.45) is -4.62. The Morgan fingerprint density at radius 2 is 1.67 bits per heavy atom. The number of rotatable bonds is 12. The number of carboxylic acid groups (broad SMARTS) is 1. The number of alkyl halides is 3. The maximum absolute atomic E-state index is 14.3. The van der Waals surface area contributed by atoms with Crippen molar-refractivity contribution in [2.75, 3.05) is 6.61 Å². The molecule has 0 aliphatic carbocycles. The molecule has 5 aromatic rings. The molecule has 1 atom stereocenters. The lowest BCUT2D eigenvalue weighted by Crippen LogP contribution is -2.39. The minimum Gasteiger partial charge on any atom is -0.489 e. The molecule has 0 saturated heterocycles. The zero-order valence-corrected chi connectivity index (χ0v) is 22.5. The van der Waals surface area contributed by atoms with Gasteiger partial charge in [0.05, 0.1) is 12.2 Å². The van der Waals surface area contributed by atoms with Gasteiger partial charge in [-0.25, -0.2) is 4.63 Å². The van der Waals surface area contributed by atoms with Gasteiger partial charge in [-0.3, -0.25) is 10.1 Å². The number of hydrogen-bond donors (Lipinski definition) is 3. The van der Waals surface area contributed by atoms with Gasteiger partial charge in [-0.15, -0.1) is 0 Å². The lowest BCUT2D eigenvalue weighted by molar-refractivity contribution is -0.140. The van der Waals surface area contributed by atoms with Crippen molar-refractivity contribution in [3.63, 3.8) is 0 Å². The molecule has 3 N–H and O–H groups in total. The van der Waals surface area contributed by atoms with Crippen molar-refractivity contribution < 1.29 is 42.3 Å². The number of aromatic nitrogens is 2. The molecule has 0 aliphatic heterocycles. The predicted molar refractivity (Wildman–Crippen MR) is 149 cm³/mol. The Morgan fingerprint density at radius 3 is 2.42 bits per heavy atom. The maximum Gasteiger partial charge on any atom is 0.417 e. The first-order valence-corrected chi connectivity index (χ1v) is 13.1. The Kier molecular flexibility index (Phi) is 8.88. The van der Waals surface area contributed by atoms with E-state index < -0.39 is 30.4 Å². The molecule has 222 valence electrons. The minimum absolute atomic E-state index is 0.0245. The molecule has 0 bridgehead atoms. The standard InChI is InChI=1S/C31H26F3N3O6/c32-31(33,34)29-22(7-4-8-24(29)20-5-2-1-3-6-20)18-41-23-11-10-21(15-35-27(16-38)30(39)40)28(14-23)42-17-19-9-12-25-26(13-19)37-43-36-25/h1-14,27,35,38H,15-18H2,(H,39,40)/t27-/m1/s1. The predicted octanol–water partition coefficient (Wildman–Crippen LogP) is 5.60. The Balaban J connectivity index is 1.40. The highest BCUT2D eigenvalue weighted by molar-refractivity contribution is 5.74. The topological polar surface area (TPSA) is 127 Å². The Labute approximate surface area is 243 Å². The Bertz CT molecular complexity index is 1710. The van der Waals surface area contributed by atoms with Gasteiger partial charge in [0.25, 0.3) is 0 Å². The SMILES string of the molecule is O=C(O)[C@@H](CO)NCc1ccc(OCc2cccc(-c3ccccc3)c2C(F)(F)F)cc1OCc1ccc2nonc2c1. The average Bonchev–Trinajstić information content (AvgIpc) is 3.47. The van der Waals surface area contributed by atoms with Crippen molar-refractivity contribution in [2.45, 2.75) is 32.0 Å². The molecular weight excluding hydrogens is 567 g/mol. The molecule has 0 fully saturated rings. The van der Waals surface area contributed by atoms with Crippen LogP contribution in [-0.2, 0) is 30.7 Å². The lowest BCUT2D eigenvalue weighted by Gasteiger charge is -2.19. The van der Waals surface area contributed by atoms with E-state index in [-0.39, 0.29) is 36.6 Å². The minimum atomic E-state index is -4.62. The molecular formula is C31H26F3N3O6. The zero-order valence-electron chi connectivity index (χ0n) is 22.5. The summed E-state index contributed by atoms with van der Waals surface area (Å²) in [7, 11) is 0. The molecule has 1 heterocycles. The number of nitrogens with zero attached hydrogens (tertiary/aromatic N) is 2. The molecule has 0 amide bonds. The van der Waals surface area contributed by atoms with Crippen LogP contribution in [0.25, 0.3) is 22.2 Å². The number of nitrogens with one attached hydrogen (secondary N) is 1. The number of halogens is 3. The van der Waals surface area contributed by atoms with Gasteiger partial charge in [0.1, 0.15) is 41.8 Å². The molecule has 4 aromatic carbocycles. The first-order chi connectivity index (χ1) is 20.7. The molecule has 12 heteroatoms. The summed E-state index contributed by atoms with van der Waals surface area (Å²) in [6, 6.07) is 21.4. The van der Waals surface area contributed by atoms with E-state index in [0.29, 0.717) is 27.9 Å². The van der Waals surface area contributed by atoms with Crippen LogP contribution in [0, 0.1) is 0 Å². The second kappa shape index (κ2) is 12.9. The summed E-state index contributed by atoms with van der Waals surface area (Å²) >= 11 is 0. The third kappa shape index (κ3) is 7.11. The van der Waals surface area contributed by atoms with Gasteiger partial charge >= 0.3 is 12.1 Å². The van der Waals surface area contributed by atoms with Gasteiger partial charge in [-0.05, 0) is 45.2 Å². The van der Waals surface area contributed by atoms with Crippen molar-refractivity contribution in [3.05, 3.63) is 107 Å². The molecule has 0 unspecified atom stereocenters. The molecule has 0 spiro atoms. The van der Waals surface area contributed by atoms with Crippen molar-refractivity contribution in [2.24, 2.45) is 0 Å². The van der Waals surface area contributed by atoms with Gasteiger partial charge in [-0.1, -0.05) is 60.7 Å². The summed E-state index contributed by atoms with van der Waals surface area (Å²) in [5.74, 6) is -0.678. The lowest BCUT2D eigenvalue weighted by atomic mass is 9.95. The fourth-order valence-electron chi connectivity index (χ4n) is 4.52. The maximum atomic E-state index is 14.3. The third-order valence-electron chi connectivity index (χ3n) is 6.68. The van der Waals surface area contributed by atoms with Crippen LogP contribution in [0.5, 0.6) is 11.5 Å². The van der Waals surface area contributed by atoms with E-state index >= 15 is 0 Å².